The molecule has 1 aliphatic heterocycles. The zero-order chi connectivity index (χ0) is 15.4. The smallest absolute Gasteiger partial charge is 0.131 e. The van der Waals surface area contributed by atoms with Gasteiger partial charge >= 0.3 is 0 Å². The molecule has 1 aromatic rings. The van der Waals surface area contributed by atoms with Crippen molar-refractivity contribution >= 4 is 11.6 Å². The number of aryl methyl sites for hydroxylation is 2. The number of hydrogen-bond donors (Lipinski definition) is 2. The van der Waals surface area contributed by atoms with Crippen molar-refractivity contribution in [2.45, 2.75) is 39.3 Å². The number of aliphatic hydroxyl groups excluding tert-OH is 1. The van der Waals surface area contributed by atoms with Crippen molar-refractivity contribution in [3.63, 3.8) is 0 Å². The van der Waals surface area contributed by atoms with Crippen LogP contribution in [0.1, 0.15) is 31.0 Å². The van der Waals surface area contributed by atoms with E-state index in [0.29, 0.717) is 18.2 Å². The van der Waals surface area contributed by atoms with Crippen LogP contribution < -0.4 is 5.32 Å². The Kier molecular flexibility index (Phi) is 6.05. The number of hydrogen-bond acceptors (Lipinski definition) is 4. The van der Waals surface area contributed by atoms with Gasteiger partial charge in [0.05, 0.1) is 11.8 Å². The van der Waals surface area contributed by atoms with Gasteiger partial charge in [0.1, 0.15) is 5.15 Å². The van der Waals surface area contributed by atoms with E-state index in [9.17, 15) is 5.11 Å². The number of rotatable bonds is 6. The Hall–Kier alpha value is -0.620. The van der Waals surface area contributed by atoms with Crippen molar-refractivity contribution in [2.75, 3.05) is 26.2 Å². The first kappa shape index (κ1) is 16.7. The Morgan fingerprint density at radius 1 is 1.43 bits per heavy atom. The maximum Gasteiger partial charge on any atom is 0.131 e. The average Bonchev–Trinajstić information content (AvgIpc) is 2.68. The summed E-state index contributed by atoms with van der Waals surface area (Å²) in [5.74, 6) is 0.826. The van der Waals surface area contributed by atoms with Gasteiger partial charge in [-0.05, 0) is 38.8 Å². The van der Waals surface area contributed by atoms with Crippen LogP contribution >= 0.6 is 11.6 Å². The summed E-state index contributed by atoms with van der Waals surface area (Å²) in [6.45, 7) is 8.43. The fourth-order valence-electron chi connectivity index (χ4n) is 2.85. The zero-order valence-electron chi connectivity index (χ0n) is 13.3. The number of aliphatic hydroxyl groups is 1. The normalized spacial score (nSPS) is 19.1. The fourth-order valence-corrected chi connectivity index (χ4v) is 3.09. The molecule has 1 atom stereocenters. The standard InChI is InChI=1S/C15H27ClN4O/c1-11-4-6-20(7-5-11)10-13(21)8-17-9-14-12(2)18-19(3)15(14)16/h11,13,17,21H,4-10H2,1-3H3. The third-order valence-electron chi connectivity index (χ3n) is 4.30. The predicted octanol–water partition coefficient (Wildman–Crippen LogP) is 1.56. The second-order valence-corrected chi connectivity index (χ2v) is 6.60. The van der Waals surface area contributed by atoms with Gasteiger partial charge in [-0.15, -0.1) is 0 Å². The van der Waals surface area contributed by atoms with Gasteiger partial charge in [-0.2, -0.15) is 5.10 Å². The molecule has 0 spiro atoms. The van der Waals surface area contributed by atoms with Crippen molar-refractivity contribution in [3.05, 3.63) is 16.4 Å². The first-order chi connectivity index (χ1) is 9.97. The third kappa shape index (κ3) is 4.68. The Morgan fingerprint density at radius 2 is 2.10 bits per heavy atom. The van der Waals surface area contributed by atoms with Gasteiger partial charge in [-0.3, -0.25) is 4.68 Å². The SMILES string of the molecule is Cc1nn(C)c(Cl)c1CNCC(O)CN1CCC(C)CC1. The van der Waals surface area contributed by atoms with Crippen LogP contribution in [0.25, 0.3) is 0 Å². The molecule has 1 aliphatic rings. The van der Waals surface area contributed by atoms with Gasteiger partial charge < -0.3 is 15.3 Å². The molecule has 0 bridgehead atoms. The molecule has 1 aromatic heterocycles. The minimum atomic E-state index is -0.339. The highest BCUT2D eigenvalue weighted by Crippen LogP contribution is 2.18. The lowest BCUT2D eigenvalue weighted by Gasteiger charge is -2.31. The van der Waals surface area contributed by atoms with Gasteiger partial charge in [0.2, 0.25) is 0 Å². The number of aromatic nitrogens is 2. The topological polar surface area (TPSA) is 53.3 Å². The first-order valence-electron chi connectivity index (χ1n) is 7.76. The van der Waals surface area contributed by atoms with Gasteiger partial charge in [-0.1, -0.05) is 18.5 Å². The van der Waals surface area contributed by atoms with Gasteiger partial charge in [0.25, 0.3) is 0 Å². The molecule has 21 heavy (non-hydrogen) atoms. The minimum absolute atomic E-state index is 0.339. The summed E-state index contributed by atoms with van der Waals surface area (Å²) >= 11 is 6.19. The summed E-state index contributed by atoms with van der Waals surface area (Å²) in [6, 6.07) is 0. The Morgan fingerprint density at radius 3 is 2.67 bits per heavy atom. The molecular weight excluding hydrogens is 288 g/mol. The molecule has 2 rings (SSSR count). The van der Waals surface area contributed by atoms with E-state index in [2.05, 4.69) is 22.2 Å². The van der Waals surface area contributed by atoms with Crippen molar-refractivity contribution in [2.24, 2.45) is 13.0 Å². The second kappa shape index (κ2) is 7.58. The molecule has 1 fully saturated rings. The summed E-state index contributed by atoms with van der Waals surface area (Å²) in [5.41, 5.74) is 1.95. The van der Waals surface area contributed by atoms with E-state index in [1.54, 1.807) is 4.68 Å². The van der Waals surface area contributed by atoms with Crippen LogP contribution in [0.3, 0.4) is 0 Å². The molecular formula is C15H27ClN4O. The number of nitrogens with zero attached hydrogens (tertiary/aromatic N) is 3. The van der Waals surface area contributed by atoms with Gasteiger partial charge in [0, 0.05) is 32.2 Å². The molecule has 0 saturated carbocycles. The predicted molar refractivity (Wildman–Crippen MR) is 85.5 cm³/mol. The van der Waals surface area contributed by atoms with E-state index < -0.39 is 0 Å². The summed E-state index contributed by atoms with van der Waals surface area (Å²) < 4.78 is 1.68. The largest absolute Gasteiger partial charge is 0.390 e. The molecule has 5 nitrogen and oxygen atoms in total. The van der Waals surface area contributed by atoms with E-state index in [-0.39, 0.29) is 6.10 Å². The van der Waals surface area contributed by atoms with Crippen LogP contribution in [-0.2, 0) is 13.6 Å². The minimum Gasteiger partial charge on any atom is -0.390 e. The maximum atomic E-state index is 10.1. The number of nitrogens with one attached hydrogen (secondary N) is 1. The summed E-state index contributed by atoms with van der Waals surface area (Å²) in [4.78, 5) is 2.36. The van der Waals surface area contributed by atoms with Crippen LogP contribution in [0, 0.1) is 12.8 Å². The summed E-state index contributed by atoms with van der Waals surface area (Å²) in [5, 5.41) is 18.4. The summed E-state index contributed by atoms with van der Waals surface area (Å²) in [7, 11) is 1.84. The average molecular weight is 315 g/mol. The van der Waals surface area contributed by atoms with Crippen LogP contribution in [0.5, 0.6) is 0 Å². The van der Waals surface area contributed by atoms with Crippen molar-refractivity contribution in [1.82, 2.24) is 20.0 Å². The summed E-state index contributed by atoms with van der Waals surface area (Å²) in [6.07, 6.45) is 2.14. The molecule has 1 saturated heterocycles. The highest BCUT2D eigenvalue weighted by molar-refractivity contribution is 6.30. The Balaban J connectivity index is 1.70. The molecule has 0 aromatic carbocycles. The zero-order valence-corrected chi connectivity index (χ0v) is 14.0. The van der Waals surface area contributed by atoms with Crippen LogP contribution in [0.4, 0.5) is 0 Å². The monoisotopic (exact) mass is 314 g/mol. The van der Waals surface area contributed by atoms with Crippen LogP contribution in [0.2, 0.25) is 5.15 Å². The quantitative estimate of drug-likeness (QED) is 0.837. The van der Waals surface area contributed by atoms with Crippen LogP contribution in [-0.4, -0.2) is 52.1 Å². The molecule has 0 aliphatic carbocycles. The van der Waals surface area contributed by atoms with Crippen LogP contribution in [0.15, 0.2) is 0 Å². The number of β-amino-alcohol motifs (C(OH)–C–C–N with tert-alkyl or cyclic N) is 1. The highest BCUT2D eigenvalue weighted by Gasteiger charge is 2.18. The third-order valence-corrected chi connectivity index (χ3v) is 4.77. The molecule has 0 radical (unpaired) electrons. The number of piperidine rings is 1. The van der Waals surface area contributed by atoms with Crippen molar-refractivity contribution in [1.29, 1.82) is 0 Å². The van der Waals surface area contributed by atoms with E-state index in [0.717, 1.165) is 36.8 Å². The van der Waals surface area contributed by atoms with E-state index in [1.165, 1.54) is 12.8 Å². The van der Waals surface area contributed by atoms with Crippen molar-refractivity contribution < 1.29 is 5.11 Å². The number of halogens is 1. The van der Waals surface area contributed by atoms with E-state index >= 15 is 0 Å². The lowest BCUT2D eigenvalue weighted by Crippen LogP contribution is -2.41. The van der Waals surface area contributed by atoms with E-state index in [4.69, 9.17) is 11.6 Å². The highest BCUT2D eigenvalue weighted by atomic mass is 35.5. The molecule has 2 heterocycles. The van der Waals surface area contributed by atoms with Crippen molar-refractivity contribution in [3.8, 4) is 0 Å². The van der Waals surface area contributed by atoms with Gasteiger partial charge in [-0.25, -0.2) is 0 Å². The van der Waals surface area contributed by atoms with Gasteiger partial charge in [0.15, 0.2) is 0 Å². The lowest BCUT2D eigenvalue weighted by molar-refractivity contribution is 0.0906. The van der Waals surface area contributed by atoms with E-state index in [1.807, 2.05) is 14.0 Å². The molecule has 1 unspecified atom stereocenters. The molecule has 0 amide bonds. The fraction of sp³-hybridized carbons (Fsp3) is 0.800. The second-order valence-electron chi connectivity index (χ2n) is 6.25. The lowest BCUT2D eigenvalue weighted by atomic mass is 9.99. The molecule has 6 heteroatoms. The maximum absolute atomic E-state index is 10.1. The Labute approximate surface area is 132 Å². The molecule has 2 N–H and O–H groups in total. The Bertz CT molecular complexity index is 455. The molecule has 120 valence electrons. The number of likely N-dealkylation sites (tertiary alicyclic amines) is 1. The first-order valence-corrected chi connectivity index (χ1v) is 8.14.